The van der Waals surface area contributed by atoms with Crippen molar-refractivity contribution in [3.05, 3.63) is 0 Å². The van der Waals surface area contributed by atoms with Gasteiger partial charge in [0.15, 0.2) is 0 Å². The van der Waals surface area contributed by atoms with E-state index in [1.165, 1.54) is 26.2 Å². The number of aliphatic hydroxyl groups is 1. The molecular weight excluding hydrogens is 256 g/mol. The molecule has 0 fully saturated rings. The van der Waals surface area contributed by atoms with E-state index in [1.54, 1.807) is 0 Å². The van der Waals surface area contributed by atoms with Gasteiger partial charge < -0.3 is 29.5 Å². The van der Waals surface area contributed by atoms with E-state index in [2.05, 4.69) is 0 Å². The molecule has 19 heavy (non-hydrogen) atoms. The van der Waals surface area contributed by atoms with Gasteiger partial charge in [-0.3, -0.25) is 4.79 Å². The molecule has 112 valence electrons. The highest BCUT2D eigenvalue weighted by Crippen LogP contribution is 1.99. The van der Waals surface area contributed by atoms with E-state index < -0.39 is 24.6 Å². The van der Waals surface area contributed by atoms with E-state index in [0.717, 1.165) is 4.90 Å². The van der Waals surface area contributed by atoms with Crippen LogP contribution in [0.25, 0.3) is 0 Å². The van der Waals surface area contributed by atoms with Gasteiger partial charge in [0.05, 0.1) is 25.9 Å². The van der Waals surface area contributed by atoms with Crippen molar-refractivity contribution in [3.8, 4) is 0 Å². The van der Waals surface area contributed by atoms with Crippen molar-refractivity contribution in [1.82, 2.24) is 9.80 Å². The number of carbonyl (C=O) groups excluding carboxylic acids is 1. The largest absolute Gasteiger partial charge is 0.480 e. The summed E-state index contributed by atoms with van der Waals surface area (Å²) in [6.45, 7) is 0.178. The first kappa shape index (κ1) is 17.6. The Balaban J connectivity index is 4.45. The summed E-state index contributed by atoms with van der Waals surface area (Å²) in [5.41, 5.74) is 0. The number of nitrogens with zero attached hydrogens (tertiary/aromatic N) is 2. The van der Waals surface area contributed by atoms with Gasteiger partial charge in [-0.1, -0.05) is 0 Å². The van der Waals surface area contributed by atoms with Crippen molar-refractivity contribution in [1.29, 1.82) is 0 Å². The zero-order valence-corrected chi connectivity index (χ0v) is 11.5. The number of carbonyl (C=O) groups is 2. The molecule has 0 bridgehead atoms. The molecule has 1 atom stereocenters. The highest BCUT2D eigenvalue weighted by Gasteiger charge is 2.21. The number of hydrogen-bond donors (Lipinski definition) is 2. The van der Waals surface area contributed by atoms with Gasteiger partial charge in [-0.2, -0.15) is 0 Å². The molecule has 0 spiro atoms. The van der Waals surface area contributed by atoms with Gasteiger partial charge in [-0.15, -0.1) is 0 Å². The number of aliphatic hydroxyl groups excluding tert-OH is 1. The van der Waals surface area contributed by atoms with Crippen LogP contribution in [-0.4, -0.2) is 92.2 Å². The molecule has 0 aliphatic rings. The van der Waals surface area contributed by atoms with Gasteiger partial charge in [0, 0.05) is 27.8 Å². The Morgan fingerprint density at radius 1 is 1.26 bits per heavy atom. The maximum absolute atomic E-state index is 12.0. The van der Waals surface area contributed by atoms with E-state index in [-0.39, 0.29) is 26.3 Å². The van der Waals surface area contributed by atoms with Crippen molar-refractivity contribution in [2.24, 2.45) is 0 Å². The Morgan fingerprint density at radius 2 is 1.89 bits per heavy atom. The summed E-state index contributed by atoms with van der Waals surface area (Å²) in [6, 6.07) is -0.477. The fraction of sp³-hybridized carbons (Fsp3) is 0.818. The van der Waals surface area contributed by atoms with Crippen molar-refractivity contribution < 1.29 is 29.3 Å². The van der Waals surface area contributed by atoms with Crippen molar-refractivity contribution in [3.63, 3.8) is 0 Å². The van der Waals surface area contributed by atoms with Crippen molar-refractivity contribution in [2.45, 2.75) is 6.10 Å². The standard InChI is InChI=1S/C11H22N2O6/c1-12(6-9(14)8-19-3)11(17)13(4-5-18-2)7-10(15)16/h9,14H,4-8H2,1-3H3,(H,15,16). The van der Waals surface area contributed by atoms with Gasteiger partial charge in [0.25, 0.3) is 0 Å². The SMILES string of the molecule is COCCN(CC(=O)O)C(=O)N(C)CC(O)COC. The highest BCUT2D eigenvalue weighted by atomic mass is 16.5. The maximum Gasteiger partial charge on any atom is 0.323 e. The number of methoxy groups -OCH3 is 2. The molecule has 8 nitrogen and oxygen atoms in total. The predicted octanol–water partition coefficient (Wildman–Crippen LogP) is -0.921. The number of likely N-dealkylation sites (N-methyl/N-ethyl adjacent to an activating group) is 1. The number of aliphatic carboxylic acids is 1. The minimum Gasteiger partial charge on any atom is -0.480 e. The summed E-state index contributed by atoms with van der Waals surface area (Å²) in [4.78, 5) is 25.1. The van der Waals surface area contributed by atoms with Crippen LogP contribution in [0, 0.1) is 0 Å². The van der Waals surface area contributed by atoms with Crippen LogP contribution in [-0.2, 0) is 14.3 Å². The van der Waals surface area contributed by atoms with Gasteiger partial charge in [-0.05, 0) is 0 Å². The lowest BCUT2D eigenvalue weighted by molar-refractivity contribution is -0.137. The Bertz CT molecular complexity index is 286. The minimum absolute atomic E-state index is 0.0653. The number of carboxylic acid groups (broad SMARTS) is 1. The van der Waals surface area contributed by atoms with E-state index in [0.29, 0.717) is 0 Å². The average molecular weight is 278 g/mol. The molecule has 0 saturated carbocycles. The monoisotopic (exact) mass is 278 g/mol. The molecule has 2 amide bonds. The summed E-state index contributed by atoms with van der Waals surface area (Å²) in [7, 11) is 4.40. The van der Waals surface area contributed by atoms with E-state index >= 15 is 0 Å². The number of urea groups is 1. The first-order chi connectivity index (χ1) is 8.92. The topological polar surface area (TPSA) is 99.5 Å². The quantitative estimate of drug-likeness (QED) is 0.566. The molecule has 0 aliphatic carbocycles. The summed E-state index contributed by atoms with van der Waals surface area (Å²) < 4.78 is 9.59. The van der Waals surface area contributed by atoms with E-state index in [9.17, 15) is 14.7 Å². The van der Waals surface area contributed by atoms with Crippen LogP contribution in [0.5, 0.6) is 0 Å². The van der Waals surface area contributed by atoms with Crippen LogP contribution in [0.2, 0.25) is 0 Å². The van der Waals surface area contributed by atoms with E-state index in [1.807, 2.05) is 0 Å². The number of ether oxygens (including phenoxy) is 2. The fourth-order valence-electron chi connectivity index (χ4n) is 1.49. The molecule has 0 aromatic rings. The summed E-state index contributed by atoms with van der Waals surface area (Å²) in [5, 5.41) is 18.3. The van der Waals surface area contributed by atoms with Gasteiger partial charge in [0.2, 0.25) is 0 Å². The summed E-state index contributed by atoms with van der Waals surface area (Å²) >= 11 is 0. The van der Waals surface area contributed by atoms with Crippen LogP contribution in [0.4, 0.5) is 4.79 Å². The molecule has 0 aliphatic heterocycles. The average Bonchev–Trinajstić information content (AvgIpc) is 2.33. The molecule has 8 heteroatoms. The molecule has 0 radical (unpaired) electrons. The third kappa shape index (κ3) is 7.60. The molecule has 0 heterocycles. The number of amides is 2. The fourth-order valence-corrected chi connectivity index (χ4v) is 1.49. The molecule has 0 rings (SSSR count). The van der Waals surface area contributed by atoms with Crippen LogP contribution >= 0.6 is 0 Å². The minimum atomic E-state index is -1.10. The maximum atomic E-state index is 12.0. The third-order valence-corrected chi connectivity index (χ3v) is 2.33. The molecule has 0 aromatic carbocycles. The Labute approximate surface area is 112 Å². The normalized spacial score (nSPS) is 12.0. The summed E-state index contributed by atoms with van der Waals surface area (Å²) in [5.74, 6) is -1.10. The number of rotatable bonds is 9. The van der Waals surface area contributed by atoms with E-state index in [4.69, 9.17) is 14.6 Å². The Morgan fingerprint density at radius 3 is 2.37 bits per heavy atom. The van der Waals surface area contributed by atoms with Gasteiger partial charge in [0.1, 0.15) is 6.54 Å². The highest BCUT2D eigenvalue weighted by molar-refractivity contribution is 5.80. The molecule has 0 saturated heterocycles. The molecule has 1 unspecified atom stereocenters. The number of hydrogen-bond acceptors (Lipinski definition) is 5. The first-order valence-corrected chi connectivity index (χ1v) is 5.80. The second-order valence-electron chi connectivity index (χ2n) is 4.08. The third-order valence-electron chi connectivity index (χ3n) is 2.33. The number of carboxylic acids is 1. The van der Waals surface area contributed by atoms with Crippen molar-refractivity contribution in [2.75, 3.05) is 54.1 Å². The lowest BCUT2D eigenvalue weighted by Gasteiger charge is -2.28. The van der Waals surface area contributed by atoms with Crippen LogP contribution in [0.15, 0.2) is 0 Å². The van der Waals surface area contributed by atoms with Crippen LogP contribution in [0.3, 0.4) is 0 Å². The van der Waals surface area contributed by atoms with Crippen LogP contribution < -0.4 is 0 Å². The molecular formula is C11H22N2O6. The van der Waals surface area contributed by atoms with Gasteiger partial charge in [-0.25, -0.2) is 4.79 Å². The second-order valence-corrected chi connectivity index (χ2v) is 4.08. The molecule has 0 aromatic heterocycles. The molecule has 2 N–H and O–H groups in total. The van der Waals surface area contributed by atoms with Crippen LogP contribution in [0.1, 0.15) is 0 Å². The lowest BCUT2D eigenvalue weighted by Crippen LogP contribution is -2.47. The predicted molar refractivity (Wildman–Crippen MR) is 67.0 cm³/mol. The smallest absolute Gasteiger partial charge is 0.323 e. The zero-order valence-electron chi connectivity index (χ0n) is 11.5. The summed E-state index contributed by atoms with van der Waals surface area (Å²) in [6.07, 6.45) is -0.812. The van der Waals surface area contributed by atoms with Crippen molar-refractivity contribution >= 4 is 12.0 Å². The van der Waals surface area contributed by atoms with Gasteiger partial charge >= 0.3 is 12.0 Å². The lowest BCUT2D eigenvalue weighted by atomic mass is 10.3. The Kier molecular flexibility index (Phi) is 8.84. The second kappa shape index (κ2) is 9.54. The first-order valence-electron chi connectivity index (χ1n) is 5.80. The Hall–Kier alpha value is -1.38. The zero-order chi connectivity index (χ0) is 14.8.